The molecule has 0 spiro atoms. The van der Waals surface area contributed by atoms with Gasteiger partial charge in [0.25, 0.3) is 0 Å². The summed E-state index contributed by atoms with van der Waals surface area (Å²) < 4.78 is 35.2. The number of hydrogen-bond acceptors (Lipinski definition) is 4. The molecule has 0 fully saturated rings. The van der Waals surface area contributed by atoms with Crippen LogP contribution in [0.25, 0.3) is 0 Å². The first-order chi connectivity index (χ1) is 11.4. The van der Waals surface area contributed by atoms with Crippen molar-refractivity contribution >= 4 is 10.0 Å². The summed E-state index contributed by atoms with van der Waals surface area (Å²) in [6.45, 7) is 2.02. The van der Waals surface area contributed by atoms with E-state index in [1.165, 1.54) is 12.8 Å². The fraction of sp³-hybridized carbons (Fsp3) is 0.471. The Kier molecular flexibility index (Phi) is 4.64. The van der Waals surface area contributed by atoms with E-state index in [4.69, 9.17) is 4.74 Å². The van der Waals surface area contributed by atoms with E-state index >= 15 is 0 Å². The quantitative estimate of drug-likeness (QED) is 0.897. The molecule has 0 aliphatic heterocycles. The molecule has 24 heavy (non-hydrogen) atoms. The average molecular weight is 349 g/mol. The van der Waals surface area contributed by atoms with E-state index in [0.29, 0.717) is 5.75 Å². The van der Waals surface area contributed by atoms with Gasteiger partial charge in [-0.2, -0.15) is 0 Å². The Bertz CT molecular complexity index is 856. The van der Waals surface area contributed by atoms with Gasteiger partial charge in [-0.3, -0.25) is 0 Å². The van der Waals surface area contributed by atoms with E-state index in [1.54, 1.807) is 12.1 Å². The highest BCUT2D eigenvalue weighted by Crippen LogP contribution is 2.25. The van der Waals surface area contributed by atoms with Gasteiger partial charge in [-0.1, -0.05) is 6.07 Å². The summed E-state index contributed by atoms with van der Waals surface area (Å²) in [6, 6.07) is 5.11. The molecule has 1 aromatic heterocycles. The van der Waals surface area contributed by atoms with Crippen molar-refractivity contribution in [1.29, 1.82) is 0 Å². The number of aryl methyl sites for hydroxylation is 2. The third kappa shape index (κ3) is 3.18. The molecule has 0 bridgehead atoms. The molecule has 2 aromatic rings. The maximum atomic E-state index is 12.7. The summed E-state index contributed by atoms with van der Waals surface area (Å²) in [5, 5.41) is 0. The minimum atomic E-state index is -3.67. The van der Waals surface area contributed by atoms with Crippen molar-refractivity contribution in [2.75, 3.05) is 7.11 Å². The van der Waals surface area contributed by atoms with Gasteiger partial charge in [0.2, 0.25) is 10.0 Å². The zero-order valence-corrected chi connectivity index (χ0v) is 15.1. The largest absolute Gasteiger partial charge is 0.495 e. The predicted octanol–water partition coefficient (Wildman–Crippen LogP) is 2.09. The topological polar surface area (TPSA) is 73.2 Å². The average Bonchev–Trinajstić information content (AvgIpc) is 2.90. The van der Waals surface area contributed by atoms with Gasteiger partial charge in [0.05, 0.1) is 19.3 Å². The summed E-state index contributed by atoms with van der Waals surface area (Å²) in [5.74, 6) is 1.09. The standard InChI is InChI=1S/C17H23N3O3S/c1-12-8-9-15(23-3)16(10-12)24(21,22)18-11-17-19-13-6-4-5-7-14(13)20(17)2/h8-10,18H,4-7,11H2,1-3H3. The molecular weight excluding hydrogens is 326 g/mol. The highest BCUT2D eigenvalue weighted by atomic mass is 32.2. The molecule has 0 radical (unpaired) electrons. The van der Waals surface area contributed by atoms with Crippen LogP contribution in [0.15, 0.2) is 23.1 Å². The lowest BCUT2D eigenvalue weighted by Crippen LogP contribution is -2.25. The third-order valence-corrected chi connectivity index (χ3v) is 5.92. The second kappa shape index (κ2) is 6.57. The zero-order valence-electron chi connectivity index (χ0n) is 14.3. The van der Waals surface area contributed by atoms with Crippen LogP contribution in [0.5, 0.6) is 5.75 Å². The van der Waals surface area contributed by atoms with Gasteiger partial charge in [-0.05, 0) is 50.3 Å². The molecular formula is C17H23N3O3S. The molecule has 6 nitrogen and oxygen atoms in total. The number of rotatable bonds is 5. The molecule has 1 N–H and O–H groups in total. The van der Waals surface area contributed by atoms with E-state index in [1.807, 2.05) is 24.6 Å². The SMILES string of the molecule is COc1ccc(C)cc1S(=O)(=O)NCc1nc2c(n1C)CCCC2. The molecule has 1 aliphatic carbocycles. The number of aromatic nitrogens is 2. The number of fused-ring (bicyclic) bond motifs is 1. The molecule has 7 heteroatoms. The number of nitrogens with zero attached hydrogens (tertiary/aromatic N) is 2. The van der Waals surface area contributed by atoms with Crippen molar-refractivity contribution in [3.05, 3.63) is 41.0 Å². The molecule has 0 saturated heterocycles. The molecule has 0 unspecified atom stereocenters. The predicted molar refractivity (Wildman–Crippen MR) is 91.6 cm³/mol. The van der Waals surface area contributed by atoms with E-state index in [0.717, 1.165) is 42.8 Å². The number of sulfonamides is 1. The second-order valence-electron chi connectivity index (χ2n) is 6.17. The molecule has 1 heterocycles. The Morgan fingerprint density at radius 2 is 2.04 bits per heavy atom. The number of benzene rings is 1. The van der Waals surface area contributed by atoms with Gasteiger partial charge in [0, 0.05) is 12.7 Å². The summed E-state index contributed by atoms with van der Waals surface area (Å²) in [4.78, 5) is 4.77. The van der Waals surface area contributed by atoms with Gasteiger partial charge < -0.3 is 9.30 Å². The zero-order chi connectivity index (χ0) is 17.3. The Morgan fingerprint density at radius 1 is 1.29 bits per heavy atom. The van der Waals surface area contributed by atoms with Crippen LogP contribution in [0.2, 0.25) is 0 Å². The molecule has 1 aromatic carbocycles. The summed E-state index contributed by atoms with van der Waals surface area (Å²) >= 11 is 0. The number of methoxy groups -OCH3 is 1. The van der Waals surface area contributed by atoms with E-state index < -0.39 is 10.0 Å². The van der Waals surface area contributed by atoms with Crippen molar-refractivity contribution in [3.8, 4) is 5.75 Å². The van der Waals surface area contributed by atoms with Gasteiger partial charge in [0.15, 0.2) is 0 Å². The van der Waals surface area contributed by atoms with Crippen molar-refractivity contribution < 1.29 is 13.2 Å². The van der Waals surface area contributed by atoms with Gasteiger partial charge in [-0.15, -0.1) is 0 Å². The first-order valence-corrected chi connectivity index (χ1v) is 9.58. The Morgan fingerprint density at radius 3 is 2.75 bits per heavy atom. The molecule has 0 saturated carbocycles. The minimum absolute atomic E-state index is 0.156. The van der Waals surface area contributed by atoms with Crippen LogP contribution in [0, 0.1) is 6.92 Å². The van der Waals surface area contributed by atoms with Gasteiger partial charge in [0.1, 0.15) is 16.5 Å². The van der Waals surface area contributed by atoms with Crippen molar-refractivity contribution in [2.24, 2.45) is 7.05 Å². The lowest BCUT2D eigenvalue weighted by atomic mass is 10.0. The summed E-state index contributed by atoms with van der Waals surface area (Å²) in [5.41, 5.74) is 3.19. The Balaban J connectivity index is 1.84. The first-order valence-electron chi connectivity index (χ1n) is 8.10. The maximum Gasteiger partial charge on any atom is 0.244 e. The van der Waals surface area contributed by atoms with Crippen LogP contribution in [-0.2, 0) is 36.5 Å². The molecule has 1 aliphatic rings. The van der Waals surface area contributed by atoms with Crippen LogP contribution in [0.1, 0.15) is 35.6 Å². The fourth-order valence-electron chi connectivity index (χ4n) is 3.13. The summed E-state index contributed by atoms with van der Waals surface area (Å²) in [7, 11) is -0.249. The maximum absolute atomic E-state index is 12.7. The fourth-order valence-corrected chi connectivity index (χ4v) is 4.36. The summed E-state index contributed by atoms with van der Waals surface area (Å²) in [6.07, 6.45) is 4.30. The lowest BCUT2D eigenvalue weighted by molar-refractivity contribution is 0.402. The first kappa shape index (κ1) is 17.0. The number of hydrogen-bond donors (Lipinski definition) is 1. The number of imidazole rings is 1. The van der Waals surface area contributed by atoms with E-state index in [9.17, 15) is 8.42 Å². The number of nitrogens with one attached hydrogen (secondary N) is 1. The normalized spacial score (nSPS) is 14.5. The second-order valence-corrected chi connectivity index (χ2v) is 7.90. The van der Waals surface area contributed by atoms with E-state index in [-0.39, 0.29) is 11.4 Å². The van der Waals surface area contributed by atoms with Crippen molar-refractivity contribution in [3.63, 3.8) is 0 Å². The highest BCUT2D eigenvalue weighted by molar-refractivity contribution is 7.89. The van der Waals surface area contributed by atoms with Crippen LogP contribution >= 0.6 is 0 Å². The monoisotopic (exact) mass is 349 g/mol. The lowest BCUT2D eigenvalue weighted by Gasteiger charge is -2.12. The molecule has 0 atom stereocenters. The number of ether oxygens (including phenoxy) is 1. The molecule has 130 valence electrons. The van der Waals surface area contributed by atoms with Gasteiger partial charge >= 0.3 is 0 Å². The van der Waals surface area contributed by atoms with Gasteiger partial charge in [-0.25, -0.2) is 18.1 Å². The van der Waals surface area contributed by atoms with E-state index in [2.05, 4.69) is 9.71 Å². The molecule has 3 rings (SSSR count). The van der Waals surface area contributed by atoms with Crippen LogP contribution in [0.3, 0.4) is 0 Å². The smallest absolute Gasteiger partial charge is 0.244 e. The Labute approximate surface area is 142 Å². The van der Waals surface area contributed by atoms with Crippen LogP contribution in [0.4, 0.5) is 0 Å². The highest BCUT2D eigenvalue weighted by Gasteiger charge is 2.22. The van der Waals surface area contributed by atoms with Crippen LogP contribution < -0.4 is 9.46 Å². The third-order valence-electron chi connectivity index (χ3n) is 4.50. The Hall–Kier alpha value is -1.86. The van der Waals surface area contributed by atoms with Crippen molar-refractivity contribution in [1.82, 2.24) is 14.3 Å². The van der Waals surface area contributed by atoms with Crippen LogP contribution in [-0.4, -0.2) is 25.1 Å². The van der Waals surface area contributed by atoms with Crippen molar-refractivity contribution in [2.45, 2.75) is 44.0 Å². The molecule has 0 amide bonds. The minimum Gasteiger partial charge on any atom is -0.495 e.